The summed E-state index contributed by atoms with van der Waals surface area (Å²) in [5, 5.41) is 8.78. The molecule has 0 atom stereocenters. The van der Waals surface area contributed by atoms with Crippen molar-refractivity contribution in [3.8, 4) is 11.8 Å². The number of hydrogen-bond donors (Lipinski definition) is 0. The molecule has 2 aromatic rings. The van der Waals surface area contributed by atoms with Crippen LogP contribution in [0, 0.1) is 18.3 Å². The third-order valence-corrected chi connectivity index (χ3v) is 4.04. The quantitative estimate of drug-likeness (QED) is 0.808. The summed E-state index contributed by atoms with van der Waals surface area (Å²) in [5.41, 5.74) is 1.74. The van der Waals surface area contributed by atoms with Crippen molar-refractivity contribution in [2.45, 2.75) is 18.4 Å². The third-order valence-electron chi connectivity index (χ3n) is 2.70. The molecule has 0 saturated carbocycles. The first-order chi connectivity index (χ1) is 9.90. The summed E-state index contributed by atoms with van der Waals surface area (Å²) < 4.78 is 28.6. The van der Waals surface area contributed by atoms with E-state index < -0.39 is 9.05 Å². The molecule has 0 unspecified atom stereocenters. The van der Waals surface area contributed by atoms with Gasteiger partial charge in [0.25, 0.3) is 9.05 Å². The molecule has 0 saturated heterocycles. The van der Waals surface area contributed by atoms with Gasteiger partial charge in [-0.1, -0.05) is 6.07 Å². The molecule has 1 aromatic carbocycles. The van der Waals surface area contributed by atoms with Gasteiger partial charge >= 0.3 is 0 Å². The fraction of sp³-hybridized carbons (Fsp3) is 0.143. The number of halogens is 1. The minimum Gasteiger partial charge on any atom is -0.487 e. The Morgan fingerprint density at radius 3 is 2.76 bits per heavy atom. The van der Waals surface area contributed by atoms with Gasteiger partial charge in [-0.25, -0.2) is 13.4 Å². The molecule has 0 aliphatic carbocycles. The average molecular weight is 323 g/mol. The summed E-state index contributed by atoms with van der Waals surface area (Å²) in [6.07, 6.45) is 1.49. The van der Waals surface area contributed by atoms with Crippen LogP contribution in [-0.2, 0) is 15.7 Å². The van der Waals surface area contributed by atoms with Gasteiger partial charge in [-0.15, -0.1) is 0 Å². The van der Waals surface area contributed by atoms with Gasteiger partial charge in [-0.2, -0.15) is 5.26 Å². The standard InChI is InChI=1S/C14H11ClN2O3S/c1-10-2-3-13(14(6-10)21(15,18)19)20-9-11-4-5-17-12(7-11)8-16/h2-7H,9H2,1H3. The van der Waals surface area contributed by atoms with Gasteiger partial charge in [0, 0.05) is 16.9 Å². The number of nitrogens with zero attached hydrogens (tertiary/aromatic N) is 2. The lowest BCUT2D eigenvalue weighted by Gasteiger charge is -2.10. The molecule has 5 nitrogen and oxygen atoms in total. The molecule has 108 valence electrons. The summed E-state index contributed by atoms with van der Waals surface area (Å²) in [6.45, 7) is 1.87. The SMILES string of the molecule is Cc1ccc(OCc2ccnc(C#N)c2)c(S(=O)(=O)Cl)c1. The molecule has 21 heavy (non-hydrogen) atoms. The van der Waals surface area contributed by atoms with Crippen molar-refractivity contribution in [2.24, 2.45) is 0 Å². The van der Waals surface area contributed by atoms with Crippen LogP contribution in [0.1, 0.15) is 16.8 Å². The topological polar surface area (TPSA) is 80.0 Å². The van der Waals surface area contributed by atoms with E-state index in [0.717, 1.165) is 5.56 Å². The van der Waals surface area contributed by atoms with Crippen molar-refractivity contribution in [3.63, 3.8) is 0 Å². The highest BCUT2D eigenvalue weighted by molar-refractivity contribution is 8.13. The van der Waals surface area contributed by atoms with Crippen molar-refractivity contribution in [1.29, 1.82) is 5.26 Å². The molecule has 0 spiro atoms. The van der Waals surface area contributed by atoms with Crippen LogP contribution in [0.15, 0.2) is 41.4 Å². The zero-order valence-corrected chi connectivity index (χ0v) is 12.6. The van der Waals surface area contributed by atoms with Gasteiger partial charge in [-0.3, -0.25) is 0 Å². The van der Waals surface area contributed by atoms with Crippen LogP contribution in [-0.4, -0.2) is 13.4 Å². The maximum atomic E-state index is 11.6. The first kappa shape index (κ1) is 15.3. The maximum absolute atomic E-state index is 11.6. The molecule has 0 aliphatic rings. The minimum absolute atomic E-state index is 0.0706. The molecule has 0 amide bonds. The Kier molecular flexibility index (Phi) is 4.46. The molecule has 0 radical (unpaired) electrons. The monoisotopic (exact) mass is 322 g/mol. The highest BCUT2D eigenvalue weighted by Gasteiger charge is 2.17. The average Bonchev–Trinajstić information content (AvgIpc) is 2.45. The Morgan fingerprint density at radius 2 is 2.10 bits per heavy atom. The summed E-state index contributed by atoms with van der Waals surface area (Å²) >= 11 is 0. The van der Waals surface area contributed by atoms with E-state index in [-0.39, 0.29) is 22.9 Å². The van der Waals surface area contributed by atoms with E-state index in [9.17, 15) is 8.42 Å². The lowest BCUT2D eigenvalue weighted by molar-refractivity contribution is 0.298. The fourth-order valence-electron chi connectivity index (χ4n) is 1.71. The summed E-state index contributed by atoms with van der Waals surface area (Å²) in [7, 11) is 1.51. The van der Waals surface area contributed by atoms with E-state index >= 15 is 0 Å². The zero-order valence-electron chi connectivity index (χ0n) is 11.1. The van der Waals surface area contributed by atoms with Gasteiger partial charge < -0.3 is 4.74 Å². The minimum atomic E-state index is -3.89. The van der Waals surface area contributed by atoms with Crippen LogP contribution in [0.5, 0.6) is 5.75 Å². The van der Waals surface area contributed by atoms with Crippen molar-refractivity contribution in [2.75, 3.05) is 0 Å². The maximum Gasteiger partial charge on any atom is 0.264 e. The number of hydrogen-bond acceptors (Lipinski definition) is 5. The molecular weight excluding hydrogens is 312 g/mol. The Hall–Kier alpha value is -2.10. The molecule has 1 aromatic heterocycles. The highest BCUT2D eigenvalue weighted by atomic mass is 35.7. The number of aryl methyl sites for hydroxylation is 1. The molecule has 7 heteroatoms. The summed E-state index contributed by atoms with van der Waals surface area (Å²) in [4.78, 5) is 3.78. The Labute approximate surface area is 127 Å². The third kappa shape index (κ3) is 3.94. The predicted octanol–water partition coefficient (Wildman–Crippen LogP) is 2.77. The zero-order chi connectivity index (χ0) is 15.5. The van der Waals surface area contributed by atoms with Crippen molar-refractivity contribution < 1.29 is 13.2 Å². The van der Waals surface area contributed by atoms with Crippen molar-refractivity contribution in [3.05, 3.63) is 53.3 Å². The second-order valence-electron chi connectivity index (χ2n) is 4.34. The second kappa shape index (κ2) is 6.12. The number of ether oxygens (including phenoxy) is 1. The predicted molar refractivity (Wildman–Crippen MR) is 77.5 cm³/mol. The highest BCUT2D eigenvalue weighted by Crippen LogP contribution is 2.28. The molecule has 0 aliphatic heterocycles. The number of nitriles is 1. The van der Waals surface area contributed by atoms with Crippen LogP contribution in [0.3, 0.4) is 0 Å². The Morgan fingerprint density at radius 1 is 1.33 bits per heavy atom. The molecule has 0 bridgehead atoms. The van der Waals surface area contributed by atoms with E-state index in [1.54, 1.807) is 31.2 Å². The lowest BCUT2D eigenvalue weighted by Crippen LogP contribution is -2.01. The van der Waals surface area contributed by atoms with E-state index in [0.29, 0.717) is 5.56 Å². The van der Waals surface area contributed by atoms with E-state index in [1.165, 1.54) is 12.3 Å². The molecule has 2 rings (SSSR count). The number of pyridine rings is 1. The van der Waals surface area contributed by atoms with Gasteiger partial charge in [0.05, 0.1) is 0 Å². The van der Waals surface area contributed by atoms with Gasteiger partial charge in [-0.05, 0) is 42.3 Å². The largest absolute Gasteiger partial charge is 0.487 e. The van der Waals surface area contributed by atoms with Crippen LogP contribution >= 0.6 is 10.7 Å². The van der Waals surface area contributed by atoms with Crippen molar-refractivity contribution >= 4 is 19.7 Å². The van der Waals surface area contributed by atoms with E-state index in [4.69, 9.17) is 20.7 Å². The number of benzene rings is 1. The van der Waals surface area contributed by atoms with Crippen molar-refractivity contribution in [1.82, 2.24) is 4.98 Å². The van der Waals surface area contributed by atoms with Crippen LogP contribution in [0.25, 0.3) is 0 Å². The Bertz CT molecular complexity index is 813. The van der Waals surface area contributed by atoms with E-state index in [2.05, 4.69) is 4.98 Å². The fourth-order valence-corrected chi connectivity index (χ4v) is 2.77. The Balaban J connectivity index is 2.26. The molecule has 0 fully saturated rings. The van der Waals surface area contributed by atoms with Gasteiger partial charge in [0.1, 0.15) is 29.0 Å². The number of rotatable bonds is 4. The summed E-state index contributed by atoms with van der Waals surface area (Å²) in [6, 6.07) is 9.91. The number of aromatic nitrogens is 1. The molecular formula is C14H11ClN2O3S. The van der Waals surface area contributed by atoms with E-state index in [1.807, 2.05) is 6.07 Å². The first-order valence-corrected chi connectivity index (χ1v) is 8.24. The van der Waals surface area contributed by atoms with Crippen LogP contribution < -0.4 is 4.74 Å². The normalized spacial score (nSPS) is 10.9. The summed E-state index contributed by atoms with van der Waals surface area (Å²) in [5.74, 6) is 0.172. The molecule has 0 N–H and O–H groups in total. The van der Waals surface area contributed by atoms with Gasteiger partial charge in [0.15, 0.2) is 0 Å². The molecule has 1 heterocycles. The van der Waals surface area contributed by atoms with Gasteiger partial charge in [0.2, 0.25) is 0 Å². The second-order valence-corrected chi connectivity index (χ2v) is 6.87. The van der Waals surface area contributed by atoms with Crippen LogP contribution in [0.4, 0.5) is 0 Å². The first-order valence-electron chi connectivity index (χ1n) is 5.93. The smallest absolute Gasteiger partial charge is 0.264 e. The lowest BCUT2D eigenvalue weighted by atomic mass is 10.2. The van der Waals surface area contributed by atoms with Crippen LogP contribution in [0.2, 0.25) is 0 Å².